The molecule has 8 heteroatoms. The summed E-state index contributed by atoms with van der Waals surface area (Å²) in [5.74, 6) is 0. The SMILES string of the molecule is O=c1c([N+](=O)[O-])cc(Br)cn1Cn1cccn1. The summed E-state index contributed by atoms with van der Waals surface area (Å²) in [5, 5.41) is 14.6. The van der Waals surface area contributed by atoms with Crippen LogP contribution in [0.3, 0.4) is 0 Å². The Hall–Kier alpha value is -1.96. The summed E-state index contributed by atoms with van der Waals surface area (Å²) in [6.07, 6.45) is 4.72. The molecule has 0 N–H and O–H groups in total. The van der Waals surface area contributed by atoms with Crippen molar-refractivity contribution in [3.63, 3.8) is 0 Å². The lowest BCUT2D eigenvalue weighted by molar-refractivity contribution is -0.386. The molecule has 0 unspecified atom stereocenters. The van der Waals surface area contributed by atoms with E-state index in [2.05, 4.69) is 21.0 Å². The van der Waals surface area contributed by atoms with Crippen molar-refractivity contribution in [2.24, 2.45) is 0 Å². The first-order valence-corrected chi connectivity index (χ1v) is 5.39. The highest BCUT2D eigenvalue weighted by atomic mass is 79.9. The van der Waals surface area contributed by atoms with E-state index in [1.165, 1.54) is 21.5 Å². The molecule has 0 amide bonds. The summed E-state index contributed by atoms with van der Waals surface area (Å²) in [6.45, 7) is 0.131. The smallest absolute Gasteiger partial charge is 0.288 e. The van der Waals surface area contributed by atoms with Gasteiger partial charge in [0, 0.05) is 29.1 Å². The lowest BCUT2D eigenvalue weighted by Gasteiger charge is -2.06. The van der Waals surface area contributed by atoms with Crippen molar-refractivity contribution >= 4 is 21.6 Å². The zero-order valence-electron chi connectivity index (χ0n) is 8.49. The van der Waals surface area contributed by atoms with Crippen molar-refractivity contribution in [2.75, 3.05) is 0 Å². The molecule has 2 rings (SSSR count). The molecule has 2 aromatic rings. The van der Waals surface area contributed by atoms with E-state index in [4.69, 9.17) is 0 Å². The van der Waals surface area contributed by atoms with Gasteiger partial charge in [-0.2, -0.15) is 5.10 Å². The lowest BCUT2D eigenvalue weighted by atomic mass is 10.4. The van der Waals surface area contributed by atoms with Crippen molar-refractivity contribution < 1.29 is 4.92 Å². The molecular formula is C9H7BrN4O3. The fourth-order valence-electron chi connectivity index (χ4n) is 1.36. The third-order valence-corrected chi connectivity index (χ3v) is 2.52. The minimum atomic E-state index is -0.702. The lowest BCUT2D eigenvalue weighted by Crippen LogP contribution is -2.25. The van der Waals surface area contributed by atoms with Crippen molar-refractivity contribution in [3.05, 3.63) is 55.7 Å². The molecule has 0 bridgehead atoms. The molecule has 0 saturated heterocycles. The van der Waals surface area contributed by atoms with Crippen LogP contribution in [0, 0.1) is 10.1 Å². The van der Waals surface area contributed by atoms with E-state index in [1.54, 1.807) is 18.5 Å². The van der Waals surface area contributed by atoms with Gasteiger partial charge in [0.2, 0.25) is 0 Å². The Labute approximate surface area is 104 Å². The fraction of sp³-hybridized carbons (Fsp3) is 0.111. The third kappa shape index (κ3) is 2.41. The fourth-order valence-corrected chi connectivity index (χ4v) is 1.82. The molecule has 0 radical (unpaired) electrons. The largest absolute Gasteiger partial charge is 0.335 e. The van der Waals surface area contributed by atoms with Crippen LogP contribution in [0.5, 0.6) is 0 Å². The summed E-state index contributed by atoms with van der Waals surface area (Å²) in [6, 6.07) is 2.89. The van der Waals surface area contributed by atoms with Gasteiger partial charge in [0.1, 0.15) is 6.67 Å². The maximum Gasteiger partial charge on any atom is 0.335 e. The maximum atomic E-state index is 11.7. The molecule has 0 aliphatic carbocycles. The van der Waals surface area contributed by atoms with E-state index in [0.717, 1.165) is 0 Å². The summed E-state index contributed by atoms with van der Waals surface area (Å²) in [7, 11) is 0. The van der Waals surface area contributed by atoms with E-state index < -0.39 is 16.2 Å². The second-order valence-electron chi connectivity index (χ2n) is 3.26. The Bertz CT molecular complexity index is 605. The monoisotopic (exact) mass is 298 g/mol. The van der Waals surface area contributed by atoms with Crippen molar-refractivity contribution in [1.29, 1.82) is 0 Å². The Kier molecular flexibility index (Phi) is 3.05. The highest BCUT2D eigenvalue weighted by Gasteiger charge is 2.15. The van der Waals surface area contributed by atoms with Gasteiger partial charge >= 0.3 is 11.2 Å². The van der Waals surface area contributed by atoms with Crippen LogP contribution in [-0.2, 0) is 6.67 Å². The molecule has 17 heavy (non-hydrogen) atoms. The van der Waals surface area contributed by atoms with Gasteiger partial charge in [0.25, 0.3) is 0 Å². The normalized spacial score (nSPS) is 10.4. The predicted octanol–water partition coefficient (Wildman–Crippen LogP) is 1.22. The summed E-state index contributed by atoms with van der Waals surface area (Å²) >= 11 is 3.13. The van der Waals surface area contributed by atoms with Gasteiger partial charge in [-0.25, -0.2) is 0 Å². The highest BCUT2D eigenvalue weighted by molar-refractivity contribution is 9.10. The number of pyridine rings is 1. The van der Waals surface area contributed by atoms with Crippen LogP contribution < -0.4 is 5.56 Å². The number of hydrogen-bond acceptors (Lipinski definition) is 4. The molecular weight excluding hydrogens is 292 g/mol. The number of halogens is 1. The van der Waals surface area contributed by atoms with E-state index in [1.807, 2.05) is 0 Å². The van der Waals surface area contributed by atoms with Crippen LogP contribution in [0.2, 0.25) is 0 Å². The number of nitrogens with zero attached hydrogens (tertiary/aromatic N) is 4. The van der Waals surface area contributed by atoms with E-state index in [9.17, 15) is 14.9 Å². The van der Waals surface area contributed by atoms with Gasteiger partial charge in [-0.3, -0.25) is 24.2 Å². The van der Waals surface area contributed by atoms with Gasteiger partial charge < -0.3 is 0 Å². The Morgan fingerprint density at radius 3 is 2.88 bits per heavy atom. The molecule has 0 atom stereocenters. The van der Waals surface area contributed by atoms with Gasteiger partial charge in [0.05, 0.1) is 4.92 Å². The minimum absolute atomic E-state index is 0.131. The minimum Gasteiger partial charge on any atom is -0.288 e. The Balaban J connectivity index is 2.47. The van der Waals surface area contributed by atoms with Crippen molar-refractivity contribution in [2.45, 2.75) is 6.67 Å². The highest BCUT2D eigenvalue weighted by Crippen LogP contribution is 2.13. The second-order valence-corrected chi connectivity index (χ2v) is 4.18. The molecule has 2 aromatic heterocycles. The van der Waals surface area contributed by atoms with E-state index >= 15 is 0 Å². The number of aromatic nitrogens is 3. The summed E-state index contributed by atoms with van der Waals surface area (Å²) < 4.78 is 3.18. The van der Waals surface area contributed by atoms with Crippen molar-refractivity contribution in [1.82, 2.24) is 14.3 Å². The van der Waals surface area contributed by atoms with E-state index in [-0.39, 0.29) is 6.67 Å². The summed E-state index contributed by atoms with van der Waals surface area (Å²) in [4.78, 5) is 21.7. The first-order chi connectivity index (χ1) is 8.08. The van der Waals surface area contributed by atoms with E-state index in [0.29, 0.717) is 4.47 Å². The first-order valence-electron chi connectivity index (χ1n) is 4.60. The molecule has 88 valence electrons. The topological polar surface area (TPSA) is 83.0 Å². The summed E-state index contributed by atoms with van der Waals surface area (Å²) in [5.41, 5.74) is -1.12. The average molecular weight is 299 g/mol. The molecule has 2 heterocycles. The van der Waals surface area contributed by atoms with Crippen LogP contribution in [0.4, 0.5) is 5.69 Å². The van der Waals surface area contributed by atoms with Crippen LogP contribution in [0.1, 0.15) is 0 Å². The molecule has 0 fully saturated rings. The molecule has 0 spiro atoms. The molecule has 0 aromatic carbocycles. The maximum absolute atomic E-state index is 11.7. The van der Waals surface area contributed by atoms with Crippen LogP contribution in [0.25, 0.3) is 0 Å². The predicted molar refractivity (Wildman–Crippen MR) is 62.7 cm³/mol. The van der Waals surface area contributed by atoms with Crippen LogP contribution in [-0.4, -0.2) is 19.3 Å². The van der Waals surface area contributed by atoms with Gasteiger partial charge in [0.15, 0.2) is 0 Å². The molecule has 0 aliphatic heterocycles. The second kappa shape index (κ2) is 4.50. The number of nitro groups is 1. The molecule has 7 nitrogen and oxygen atoms in total. The van der Waals surface area contributed by atoms with Crippen molar-refractivity contribution in [3.8, 4) is 0 Å². The first kappa shape index (κ1) is 11.5. The van der Waals surface area contributed by atoms with Crippen LogP contribution in [0.15, 0.2) is 40.0 Å². The van der Waals surface area contributed by atoms with Gasteiger partial charge in [-0.15, -0.1) is 0 Å². The average Bonchev–Trinajstić information content (AvgIpc) is 2.75. The molecule has 0 aliphatic rings. The third-order valence-electron chi connectivity index (χ3n) is 2.09. The van der Waals surface area contributed by atoms with Crippen LogP contribution >= 0.6 is 15.9 Å². The molecule has 0 saturated carbocycles. The Morgan fingerprint density at radius 2 is 2.29 bits per heavy atom. The Morgan fingerprint density at radius 1 is 1.53 bits per heavy atom. The zero-order chi connectivity index (χ0) is 12.4. The van der Waals surface area contributed by atoms with Gasteiger partial charge in [-0.1, -0.05) is 0 Å². The standard InChI is InChI=1S/C9H7BrN4O3/c10-7-4-8(14(16)17)9(15)12(5-7)6-13-3-1-2-11-13/h1-5H,6H2. The number of hydrogen-bond donors (Lipinski definition) is 0. The quantitative estimate of drug-likeness (QED) is 0.630. The van der Waals surface area contributed by atoms with Gasteiger partial charge in [-0.05, 0) is 22.0 Å². The zero-order valence-corrected chi connectivity index (χ0v) is 10.1. The number of rotatable bonds is 3.